The number of hydrogen-bond donors (Lipinski definition) is 2. The van der Waals surface area contributed by atoms with Gasteiger partial charge in [0.1, 0.15) is 17.3 Å². The summed E-state index contributed by atoms with van der Waals surface area (Å²) >= 11 is 0. The van der Waals surface area contributed by atoms with Gasteiger partial charge in [-0.3, -0.25) is 4.99 Å². The third-order valence-corrected chi connectivity index (χ3v) is 5.99. The van der Waals surface area contributed by atoms with Crippen LogP contribution in [0.15, 0.2) is 47.1 Å². The van der Waals surface area contributed by atoms with Crippen LogP contribution in [0.4, 0.5) is 23.8 Å². The normalized spacial score (nSPS) is 27.2. The highest BCUT2D eigenvalue weighted by molar-refractivity contribution is 6.00. The first kappa shape index (κ1) is 19.0. The molecule has 10 heteroatoms. The van der Waals surface area contributed by atoms with Gasteiger partial charge in [0.15, 0.2) is 0 Å². The summed E-state index contributed by atoms with van der Waals surface area (Å²) in [6.07, 6.45) is 2.15. The van der Waals surface area contributed by atoms with E-state index in [9.17, 15) is 18.0 Å². The molecular formula is C20H20F3N5O2. The number of pyridine rings is 1. The predicted molar refractivity (Wildman–Crippen MR) is 103 cm³/mol. The lowest BCUT2D eigenvalue weighted by Crippen LogP contribution is -2.46. The molecule has 4 heterocycles. The molecule has 7 nitrogen and oxygen atoms in total. The molecule has 2 atom stereocenters. The molecule has 30 heavy (non-hydrogen) atoms. The summed E-state index contributed by atoms with van der Waals surface area (Å²) in [5.74, 6) is 1.34. The van der Waals surface area contributed by atoms with E-state index in [2.05, 4.69) is 25.5 Å². The number of aliphatic imine (C=N–C) groups is 1. The number of aromatic nitrogens is 1. The number of ether oxygens (including phenoxy) is 1. The fourth-order valence-corrected chi connectivity index (χ4v) is 4.25. The molecule has 2 saturated heterocycles. The Balaban J connectivity index is 1.24. The zero-order chi connectivity index (χ0) is 20.9. The molecule has 1 aliphatic carbocycles. The van der Waals surface area contributed by atoms with Crippen molar-refractivity contribution in [1.29, 1.82) is 0 Å². The molecule has 2 unspecified atom stereocenters. The van der Waals surface area contributed by atoms with Crippen LogP contribution in [0.25, 0.3) is 0 Å². The van der Waals surface area contributed by atoms with E-state index in [0.717, 1.165) is 43.4 Å². The van der Waals surface area contributed by atoms with Crippen LogP contribution >= 0.6 is 0 Å². The zero-order valence-corrected chi connectivity index (χ0v) is 15.9. The number of nitrogens with one attached hydrogen (secondary N) is 2. The summed E-state index contributed by atoms with van der Waals surface area (Å²) in [7, 11) is 0. The van der Waals surface area contributed by atoms with Crippen LogP contribution in [-0.4, -0.2) is 60.4 Å². The second-order valence-electron chi connectivity index (χ2n) is 7.94. The molecule has 2 fully saturated rings. The average molecular weight is 419 g/mol. The summed E-state index contributed by atoms with van der Waals surface area (Å²) in [4.78, 5) is 22.5. The van der Waals surface area contributed by atoms with E-state index in [1.807, 2.05) is 12.1 Å². The molecule has 0 bridgehead atoms. The maximum Gasteiger partial charge on any atom is 0.416 e. The number of amidine groups is 1. The van der Waals surface area contributed by atoms with E-state index in [1.54, 1.807) is 6.20 Å². The molecule has 1 spiro atoms. The van der Waals surface area contributed by atoms with Crippen molar-refractivity contribution in [2.45, 2.75) is 36.7 Å². The molecule has 5 rings (SSSR count). The minimum Gasteiger partial charge on any atom is -0.441 e. The Hall–Kier alpha value is -3.04. The molecule has 0 saturated carbocycles. The van der Waals surface area contributed by atoms with Crippen molar-refractivity contribution < 1.29 is 22.7 Å². The molecule has 0 aromatic carbocycles. The number of nitrogens with zero attached hydrogens (tertiary/aromatic N) is 3. The van der Waals surface area contributed by atoms with Gasteiger partial charge in [0, 0.05) is 37.7 Å². The number of halogens is 3. The summed E-state index contributed by atoms with van der Waals surface area (Å²) < 4.78 is 44.2. The van der Waals surface area contributed by atoms with Gasteiger partial charge in [-0.05, 0) is 18.2 Å². The highest BCUT2D eigenvalue weighted by Crippen LogP contribution is 2.32. The van der Waals surface area contributed by atoms with E-state index in [0.29, 0.717) is 12.4 Å². The Labute approximate surface area is 170 Å². The molecular weight excluding hydrogens is 399 g/mol. The fraction of sp³-hybridized carbons (Fsp3) is 0.450. The molecule has 0 radical (unpaired) electrons. The quantitative estimate of drug-likeness (QED) is 0.769. The number of carbonyl (C=O) groups excluding carboxylic acids is 1. The van der Waals surface area contributed by atoms with Gasteiger partial charge in [0.2, 0.25) is 0 Å². The highest BCUT2D eigenvalue weighted by atomic mass is 19.4. The Morgan fingerprint density at radius 2 is 2.03 bits per heavy atom. The molecule has 1 aromatic heterocycles. The molecule has 4 aliphatic rings. The summed E-state index contributed by atoms with van der Waals surface area (Å²) in [5.41, 5.74) is -0.346. The van der Waals surface area contributed by atoms with Gasteiger partial charge >= 0.3 is 12.3 Å². The number of alkyl carbamates (subject to hydrolysis) is 1. The summed E-state index contributed by atoms with van der Waals surface area (Å²) in [6, 6.07) is 2.88. The van der Waals surface area contributed by atoms with Crippen LogP contribution in [0, 0.1) is 0 Å². The predicted octanol–water partition coefficient (Wildman–Crippen LogP) is 2.31. The molecule has 1 amide bonds. The maximum atomic E-state index is 12.9. The minimum absolute atomic E-state index is 0.355. The largest absolute Gasteiger partial charge is 0.441 e. The lowest BCUT2D eigenvalue weighted by molar-refractivity contribution is -0.0887. The van der Waals surface area contributed by atoms with Gasteiger partial charge in [0.05, 0.1) is 24.2 Å². The van der Waals surface area contributed by atoms with Crippen molar-refractivity contribution in [2.75, 3.05) is 24.5 Å². The van der Waals surface area contributed by atoms with Gasteiger partial charge in [-0.2, -0.15) is 13.2 Å². The van der Waals surface area contributed by atoms with Gasteiger partial charge in [-0.1, -0.05) is 12.2 Å². The van der Waals surface area contributed by atoms with Crippen molar-refractivity contribution in [3.05, 3.63) is 47.7 Å². The standard InChI is InChI=1S/C20H20F3N5O2/c21-20(22,23)13-2-3-14-15(9-13)27-17(26-14)12-1-4-16(24-10-12)28-7-5-19(6-8-28)11-25-18(29)30-19/h1-4,9-10,14-15H,5-8,11H2,(H,25,29)(H,26,27). The van der Waals surface area contributed by atoms with E-state index in [1.165, 1.54) is 12.2 Å². The van der Waals surface area contributed by atoms with Crippen LogP contribution in [-0.2, 0) is 4.74 Å². The monoisotopic (exact) mass is 419 g/mol. The summed E-state index contributed by atoms with van der Waals surface area (Å²) in [6.45, 7) is 1.99. The third kappa shape index (κ3) is 3.40. The van der Waals surface area contributed by atoms with E-state index in [-0.39, 0.29) is 12.1 Å². The average Bonchev–Trinajstić information content (AvgIpc) is 3.31. The van der Waals surface area contributed by atoms with Crippen molar-refractivity contribution in [2.24, 2.45) is 4.99 Å². The van der Waals surface area contributed by atoms with Crippen LogP contribution in [0.2, 0.25) is 0 Å². The van der Waals surface area contributed by atoms with E-state index < -0.39 is 23.4 Å². The Kier molecular flexibility index (Phi) is 4.26. The number of amides is 1. The molecule has 1 aromatic rings. The molecule has 158 valence electrons. The number of anilines is 1. The highest BCUT2D eigenvalue weighted by Gasteiger charge is 2.43. The first-order valence-corrected chi connectivity index (χ1v) is 9.81. The van der Waals surface area contributed by atoms with Crippen LogP contribution < -0.4 is 15.5 Å². The lowest BCUT2D eigenvalue weighted by Gasteiger charge is -2.37. The third-order valence-electron chi connectivity index (χ3n) is 5.99. The number of allylic oxidation sites excluding steroid dienone is 2. The van der Waals surface area contributed by atoms with Crippen molar-refractivity contribution >= 4 is 17.7 Å². The van der Waals surface area contributed by atoms with E-state index in [4.69, 9.17) is 4.74 Å². The second kappa shape index (κ2) is 6.75. The van der Waals surface area contributed by atoms with Gasteiger partial charge in [0.25, 0.3) is 0 Å². The number of piperidine rings is 1. The van der Waals surface area contributed by atoms with Gasteiger partial charge in [-0.25, -0.2) is 9.78 Å². The number of alkyl halides is 3. The van der Waals surface area contributed by atoms with Crippen LogP contribution in [0.1, 0.15) is 18.4 Å². The van der Waals surface area contributed by atoms with Gasteiger partial charge in [-0.15, -0.1) is 0 Å². The van der Waals surface area contributed by atoms with Crippen molar-refractivity contribution in [3.8, 4) is 0 Å². The van der Waals surface area contributed by atoms with Crippen LogP contribution in [0.5, 0.6) is 0 Å². The summed E-state index contributed by atoms with van der Waals surface area (Å²) in [5, 5.41) is 5.78. The lowest BCUT2D eigenvalue weighted by atomic mass is 9.91. The first-order valence-electron chi connectivity index (χ1n) is 9.81. The Bertz CT molecular complexity index is 946. The molecule has 3 aliphatic heterocycles. The van der Waals surface area contributed by atoms with Crippen molar-refractivity contribution in [3.63, 3.8) is 0 Å². The fourth-order valence-electron chi connectivity index (χ4n) is 4.25. The number of hydrogen-bond acceptors (Lipinski definition) is 6. The molecule has 2 N–H and O–H groups in total. The smallest absolute Gasteiger partial charge is 0.416 e. The van der Waals surface area contributed by atoms with Gasteiger partial charge < -0.3 is 20.3 Å². The SMILES string of the molecule is O=C1NCC2(CCN(c3ccc(C4=NC5C=CC(C(F)(F)F)=CC5N4)cn3)CC2)O1. The second-order valence-corrected chi connectivity index (χ2v) is 7.94. The number of carbonyl (C=O) groups is 1. The zero-order valence-electron chi connectivity index (χ0n) is 15.9. The maximum absolute atomic E-state index is 12.9. The first-order chi connectivity index (χ1) is 14.3. The van der Waals surface area contributed by atoms with Crippen molar-refractivity contribution in [1.82, 2.24) is 15.6 Å². The Morgan fingerprint density at radius 1 is 1.23 bits per heavy atom. The topological polar surface area (TPSA) is 78.9 Å². The number of rotatable bonds is 2. The van der Waals surface area contributed by atoms with E-state index >= 15 is 0 Å². The number of fused-ring (bicyclic) bond motifs is 1. The van der Waals surface area contributed by atoms with Crippen LogP contribution in [0.3, 0.4) is 0 Å². The minimum atomic E-state index is -4.37. The Morgan fingerprint density at radius 3 is 2.67 bits per heavy atom.